The van der Waals surface area contributed by atoms with Crippen molar-refractivity contribution >= 4 is 17.1 Å². The first-order chi connectivity index (χ1) is 17.1. The molecule has 1 aliphatic rings. The number of ether oxygens (including phenoxy) is 2. The van der Waals surface area contributed by atoms with Gasteiger partial charge in [0.05, 0.1) is 17.6 Å². The van der Waals surface area contributed by atoms with Crippen molar-refractivity contribution in [2.45, 2.75) is 38.3 Å². The van der Waals surface area contributed by atoms with E-state index in [0.717, 1.165) is 42.2 Å². The van der Waals surface area contributed by atoms with E-state index in [1.54, 1.807) is 12.1 Å². The van der Waals surface area contributed by atoms with E-state index in [4.69, 9.17) is 15.2 Å². The number of imidazole rings is 1. The molecule has 5 rings (SSSR count). The van der Waals surface area contributed by atoms with Gasteiger partial charge in [0.1, 0.15) is 17.3 Å². The summed E-state index contributed by atoms with van der Waals surface area (Å²) in [5.74, 6) is 1.96. The van der Waals surface area contributed by atoms with E-state index >= 15 is 0 Å². The van der Waals surface area contributed by atoms with E-state index < -0.39 is 6.09 Å². The maximum atomic E-state index is 11.0. The van der Waals surface area contributed by atoms with Crippen LogP contribution in [-0.2, 0) is 6.54 Å². The lowest BCUT2D eigenvalue weighted by atomic mass is 9.99. The lowest BCUT2D eigenvalue weighted by molar-refractivity contribution is 0.116. The Morgan fingerprint density at radius 1 is 1.03 bits per heavy atom. The normalized spacial score (nSPS) is 16.3. The van der Waals surface area contributed by atoms with Gasteiger partial charge < -0.3 is 20.2 Å². The van der Waals surface area contributed by atoms with E-state index in [1.807, 2.05) is 30.3 Å². The fourth-order valence-electron chi connectivity index (χ4n) is 4.74. The zero-order chi connectivity index (χ0) is 24.0. The SMILES string of the molecule is NC(=O)Oc1ccc2[nH]c(-c3ccc(OCCC4CCCCN4Cc4ccccc4)cc3)nc2c1. The van der Waals surface area contributed by atoms with Gasteiger partial charge in [-0.1, -0.05) is 36.8 Å². The second-order valence-electron chi connectivity index (χ2n) is 8.95. The number of piperidine rings is 1. The number of aromatic nitrogens is 2. The minimum absolute atomic E-state index is 0.368. The Morgan fingerprint density at radius 2 is 1.83 bits per heavy atom. The molecule has 1 unspecified atom stereocenters. The van der Waals surface area contributed by atoms with Crippen LogP contribution in [0.25, 0.3) is 22.4 Å². The molecule has 1 fully saturated rings. The van der Waals surface area contributed by atoms with E-state index in [1.165, 1.54) is 24.8 Å². The maximum absolute atomic E-state index is 11.0. The standard InChI is InChI=1S/C28H30N4O3/c29-28(33)35-24-13-14-25-26(18-24)31-27(30-25)21-9-11-23(12-10-21)34-17-15-22-8-4-5-16-32(22)19-20-6-2-1-3-7-20/h1-3,6-7,9-14,18,22H,4-5,8,15-17,19H2,(H2,29,33)(H,30,31). The number of rotatable bonds is 8. The summed E-state index contributed by atoms with van der Waals surface area (Å²) in [4.78, 5) is 21.5. The molecule has 0 saturated carbocycles. The molecule has 0 radical (unpaired) electrons. The summed E-state index contributed by atoms with van der Waals surface area (Å²) in [6.07, 6.45) is 3.97. The van der Waals surface area contributed by atoms with Crippen molar-refractivity contribution in [3.05, 3.63) is 78.4 Å². The summed E-state index contributed by atoms with van der Waals surface area (Å²) in [7, 11) is 0. The molecule has 1 amide bonds. The fraction of sp³-hybridized carbons (Fsp3) is 0.286. The number of nitrogens with zero attached hydrogens (tertiary/aromatic N) is 2. The largest absolute Gasteiger partial charge is 0.494 e. The molecular weight excluding hydrogens is 440 g/mol. The Balaban J connectivity index is 1.17. The lowest BCUT2D eigenvalue weighted by Gasteiger charge is -2.35. The minimum atomic E-state index is -0.844. The summed E-state index contributed by atoms with van der Waals surface area (Å²) in [5, 5.41) is 0. The first-order valence-electron chi connectivity index (χ1n) is 12.1. The molecule has 3 aromatic carbocycles. The monoisotopic (exact) mass is 470 g/mol. The summed E-state index contributed by atoms with van der Waals surface area (Å²) in [6, 6.07) is 24.4. The molecule has 2 heterocycles. The Morgan fingerprint density at radius 3 is 2.63 bits per heavy atom. The van der Waals surface area contributed by atoms with Crippen LogP contribution in [0.1, 0.15) is 31.2 Å². The Hall–Kier alpha value is -3.84. The number of aromatic amines is 1. The van der Waals surface area contributed by atoms with Crippen LogP contribution in [0.2, 0.25) is 0 Å². The zero-order valence-corrected chi connectivity index (χ0v) is 19.7. The van der Waals surface area contributed by atoms with Gasteiger partial charge in [-0.25, -0.2) is 9.78 Å². The number of nitrogens with two attached hydrogens (primary N) is 1. The van der Waals surface area contributed by atoms with Crippen LogP contribution >= 0.6 is 0 Å². The molecule has 1 aliphatic heterocycles. The highest BCUT2D eigenvalue weighted by atomic mass is 16.5. The van der Waals surface area contributed by atoms with Gasteiger partial charge in [0.2, 0.25) is 0 Å². The number of carbonyl (C=O) groups excluding carboxylic acids is 1. The Bertz CT molecular complexity index is 1270. The third kappa shape index (κ3) is 5.81. The van der Waals surface area contributed by atoms with Crippen molar-refractivity contribution in [1.82, 2.24) is 14.9 Å². The van der Waals surface area contributed by atoms with Gasteiger partial charge in [0.15, 0.2) is 0 Å². The first-order valence-corrected chi connectivity index (χ1v) is 12.1. The van der Waals surface area contributed by atoms with E-state index in [2.05, 4.69) is 45.2 Å². The van der Waals surface area contributed by atoms with Crippen molar-refractivity contribution < 1.29 is 14.3 Å². The van der Waals surface area contributed by atoms with Crippen molar-refractivity contribution in [2.24, 2.45) is 5.73 Å². The van der Waals surface area contributed by atoms with Gasteiger partial charge in [0, 0.05) is 24.2 Å². The number of hydrogen-bond acceptors (Lipinski definition) is 5. The van der Waals surface area contributed by atoms with Gasteiger partial charge in [-0.05, 0) is 67.8 Å². The van der Waals surface area contributed by atoms with E-state index in [9.17, 15) is 4.79 Å². The molecule has 180 valence electrons. The van der Waals surface area contributed by atoms with Crippen molar-refractivity contribution in [1.29, 1.82) is 0 Å². The third-order valence-electron chi connectivity index (χ3n) is 6.50. The van der Waals surface area contributed by atoms with Crippen LogP contribution in [0.3, 0.4) is 0 Å². The van der Waals surface area contributed by atoms with Gasteiger partial charge >= 0.3 is 6.09 Å². The van der Waals surface area contributed by atoms with Crippen molar-refractivity contribution in [3.8, 4) is 22.9 Å². The highest BCUT2D eigenvalue weighted by Gasteiger charge is 2.22. The van der Waals surface area contributed by atoms with E-state index in [0.29, 0.717) is 23.9 Å². The highest BCUT2D eigenvalue weighted by molar-refractivity contribution is 5.81. The van der Waals surface area contributed by atoms with Crippen LogP contribution in [0.15, 0.2) is 72.8 Å². The van der Waals surface area contributed by atoms with Crippen molar-refractivity contribution in [3.63, 3.8) is 0 Å². The summed E-state index contributed by atoms with van der Waals surface area (Å²) in [6.45, 7) is 2.86. The summed E-state index contributed by atoms with van der Waals surface area (Å²) in [5.41, 5.74) is 8.97. The quantitative estimate of drug-likeness (QED) is 0.354. The predicted octanol–water partition coefficient (Wildman–Crippen LogP) is 5.51. The molecule has 1 saturated heterocycles. The first kappa shape index (κ1) is 22.9. The van der Waals surface area contributed by atoms with Gasteiger partial charge in [-0.2, -0.15) is 0 Å². The van der Waals surface area contributed by atoms with Crippen LogP contribution in [-0.4, -0.2) is 40.2 Å². The number of H-pyrrole nitrogens is 1. The highest BCUT2D eigenvalue weighted by Crippen LogP contribution is 2.26. The van der Waals surface area contributed by atoms with Crippen LogP contribution in [0.5, 0.6) is 11.5 Å². The number of carbonyl (C=O) groups is 1. The van der Waals surface area contributed by atoms with Gasteiger partial charge in [-0.15, -0.1) is 0 Å². The van der Waals surface area contributed by atoms with Crippen molar-refractivity contribution in [2.75, 3.05) is 13.2 Å². The van der Waals surface area contributed by atoms with Crippen LogP contribution in [0.4, 0.5) is 4.79 Å². The second kappa shape index (κ2) is 10.6. The van der Waals surface area contributed by atoms with Crippen LogP contribution < -0.4 is 15.2 Å². The number of hydrogen-bond donors (Lipinski definition) is 2. The number of fused-ring (bicyclic) bond motifs is 1. The number of amides is 1. The van der Waals surface area contributed by atoms with Gasteiger partial charge in [0.25, 0.3) is 0 Å². The summed E-state index contributed by atoms with van der Waals surface area (Å²) >= 11 is 0. The smallest absolute Gasteiger partial charge is 0.409 e. The third-order valence-corrected chi connectivity index (χ3v) is 6.50. The predicted molar refractivity (Wildman–Crippen MR) is 136 cm³/mol. The Labute approximate surface area is 204 Å². The zero-order valence-electron chi connectivity index (χ0n) is 19.7. The molecule has 1 aromatic heterocycles. The topological polar surface area (TPSA) is 93.5 Å². The number of benzene rings is 3. The molecule has 35 heavy (non-hydrogen) atoms. The lowest BCUT2D eigenvalue weighted by Crippen LogP contribution is -2.39. The van der Waals surface area contributed by atoms with E-state index in [-0.39, 0.29) is 0 Å². The second-order valence-corrected chi connectivity index (χ2v) is 8.95. The maximum Gasteiger partial charge on any atom is 0.409 e. The number of primary amides is 1. The molecule has 3 N–H and O–H groups in total. The molecule has 7 heteroatoms. The molecule has 7 nitrogen and oxygen atoms in total. The molecule has 0 spiro atoms. The Kier molecular flexibility index (Phi) is 6.95. The average molecular weight is 471 g/mol. The van der Waals surface area contributed by atoms with Gasteiger partial charge in [-0.3, -0.25) is 4.90 Å². The number of likely N-dealkylation sites (tertiary alicyclic amines) is 1. The molecule has 1 atom stereocenters. The van der Waals surface area contributed by atoms with Crippen LogP contribution in [0, 0.1) is 0 Å². The molecule has 0 bridgehead atoms. The average Bonchev–Trinajstić information content (AvgIpc) is 3.29. The fourth-order valence-corrected chi connectivity index (χ4v) is 4.74. The molecule has 0 aliphatic carbocycles. The number of nitrogens with one attached hydrogen (secondary N) is 1. The minimum Gasteiger partial charge on any atom is -0.494 e. The molecular formula is C28H30N4O3. The molecule has 4 aromatic rings. The summed E-state index contributed by atoms with van der Waals surface area (Å²) < 4.78 is 11.0.